The van der Waals surface area contributed by atoms with E-state index in [1.165, 1.54) is 6.07 Å². The van der Waals surface area contributed by atoms with E-state index in [4.69, 9.17) is 0 Å². The van der Waals surface area contributed by atoms with Gasteiger partial charge in [-0.2, -0.15) is 0 Å². The molecule has 1 aromatic carbocycles. The fourth-order valence-electron chi connectivity index (χ4n) is 1.09. The molecule has 4 heteroatoms. The summed E-state index contributed by atoms with van der Waals surface area (Å²) in [6, 6.07) is 4.98. The Hall–Kier alpha value is -0.780. The number of amides is 1. The molecule has 3 nitrogen and oxygen atoms in total. The van der Waals surface area contributed by atoms with Gasteiger partial charge in [-0.05, 0) is 19.1 Å². The standard InChI is InChI=1S/C10H12INO2/c1-7-2-3-9(13)8(6-7)10(14)12-5-4-11/h2-3,6,13H,4-5H2,1H3,(H,12,14). The number of hydrogen-bond acceptors (Lipinski definition) is 2. The Labute approximate surface area is 96.7 Å². The van der Waals surface area contributed by atoms with Crippen LogP contribution in [0, 0.1) is 6.92 Å². The first-order chi connectivity index (χ1) is 6.65. The molecule has 1 amide bonds. The molecule has 0 fully saturated rings. The number of halogens is 1. The summed E-state index contributed by atoms with van der Waals surface area (Å²) in [5, 5.41) is 12.2. The van der Waals surface area contributed by atoms with Crippen molar-refractivity contribution in [1.82, 2.24) is 5.32 Å². The van der Waals surface area contributed by atoms with Crippen LogP contribution in [-0.2, 0) is 0 Å². The molecule has 0 radical (unpaired) electrons. The zero-order valence-corrected chi connectivity index (χ0v) is 10.0. The average molecular weight is 305 g/mol. The molecule has 0 aromatic heterocycles. The lowest BCUT2D eigenvalue weighted by Gasteiger charge is -2.05. The summed E-state index contributed by atoms with van der Waals surface area (Å²) in [6.07, 6.45) is 0. The summed E-state index contributed by atoms with van der Waals surface area (Å²) in [6.45, 7) is 2.50. The molecule has 0 spiro atoms. The first-order valence-electron chi connectivity index (χ1n) is 4.29. The van der Waals surface area contributed by atoms with E-state index in [1.54, 1.807) is 12.1 Å². The molecule has 1 aromatic rings. The van der Waals surface area contributed by atoms with E-state index in [2.05, 4.69) is 27.9 Å². The minimum Gasteiger partial charge on any atom is -0.507 e. The highest BCUT2D eigenvalue weighted by Crippen LogP contribution is 2.17. The van der Waals surface area contributed by atoms with Crippen molar-refractivity contribution in [1.29, 1.82) is 0 Å². The summed E-state index contributed by atoms with van der Waals surface area (Å²) < 4.78 is 0.857. The maximum atomic E-state index is 11.5. The van der Waals surface area contributed by atoms with E-state index >= 15 is 0 Å². The van der Waals surface area contributed by atoms with Gasteiger partial charge >= 0.3 is 0 Å². The summed E-state index contributed by atoms with van der Waals surface area (Å²) in [5.74, 6) is -0.190. The van der Waals surface area contributed by atoms with Gasteiger partial charge in [0.1, 0.15) is 5.75 Å². The van der Waals surface area contributed by atoms with Gasteiger partial charge in [-0.25, -0.2) is 0 Å². The Morgan fingerprint density at radius 3 is 2.93 bits per heavy atom. The van der Waals surface area contributed by atoms with Crippen LogP contribution in [-0.4, -0.2) is 22.0 Å². The van der Waals surface area contributed by atoms with E-state index in [1.807, 2.05) is 6.92 Å². The third kappa shape index (κ3) is 2.87. The first-order valence-corrected chi connectivity index (χ1v) is 5.81. The number of carbonyl (C=O) groups excluding carboxylic acids is 1. The van der Waals surface area contributed by atoms with E-state index in [-0.39, 0.29) is 11.7 Å². The summed E-state index contributed by atoms with van der Waals surface area (Å²) in [5.41, 5.74) is 1.30. The molecule has 0 saturated carbocycles. The van der Waals surface area contributed by atoms with Crippen molar-refractivity contribution in [3.63, 3.8) is 0 Å². The minimum atomic E-state index is -0.220. The Balaban J connectivity index is 2.83. The topological polar surface area (TPSA) is 49.3 Å². The largest absolute Gasteiger partial charge is 0.507 e. The van der Waals surface area contributed by atoms with Gasteiger partial charge in [-0.1, -0.05) is 34.2 Å². The second-order valence-electron chi connectivity index (χ2n) is 2.97. The second-order valence-corrected chi connectivity index (χ2v) is 4.04. The molecular formula is C10H12INO2. The molecule has 0 heterocycles. The van der Waals surface area contributed by atoms with Crippen LogP contribution in [0.5, 0.6) is 5.75 Å². The Morgan fingerprint density at radius 2 is 2.29 bits per heavy atom. The van der Waals surface area contributed by atoms with Crippen LogP contribution in [0.2, 0.25) is 0 Å². The van der Waals surface area contributed by atoms with Crippen molar-refractivity contribution in [3.05, 3.63) is 29.3 Å². The van der Waals surface area contributed by atoms with Gasteiger partial charge in [0.2, 0.25) is 0 Å². The quantitative estimate of drug-likeness (QED) is 0.661. The molecule has 76 valence electrons. The second kappa shape index (κ2) is 5.19. The highest BCUT2D eigenvalue weighted by atomic mass is 127. The fraction of sp³-hybridized carbons (Fsp3) is 0.300. The summed E-state index contributed by atoms with van der Waals surface area (Å²) in [4.78, 5) is 11.5. The molecule has 14 heavy (non-hydrogen) atoms. The maximum Gasteiger partial charge on any atom is 0.255 e. The fourth-order valence-corrected chi connectivity index (χ4v) is 1.36. The zero-order valence-electron chi connectivity index (χ0n) is 7.88. The molecule has 0 aliphatic carbocycles. The van der Waals surface area contributed by atoms with E-state index in [0.29, 0.717) is 12.1 Å². The number of rotatable bonds is 3. The van der Waals surface area contributed by atoms with Crippen LogP contribution in [0.1, 0.15) is 15.9 Å². The van der Waals surface area contributed by atoms with Crippen molar-refractivity contribution >= 4 is 28.5 Å². The van der Waals surface area contributed by atoms with E-state index in [0.717, 1.165) is 9.99 Å². The van der Waals surface area contributed by atoms with Gasteiger partial charge in [0.05, 0.1) is 5.56 Å². The highest BCUT2D eigenvalue weighted by molar-refractivity contribution is 14.1. The zero-order chi connectivity index (χ0) is 10.6. The molecule has 1 rings (SSSR count). The molecule has 0 saturated heterocycles. The SMILES string of the molecule is Cc1ccc(O)c(C(=O)NCCI)c1. The van der Waals surface area contributed by atoms with Crippen molar-refractivity contribution in [2.24, 2.45) is 0 Å². The van der Waals surface area contributed by atoms with Crippen LogP contribution in [0.3, 0.4) is 0 Å². The number of hydrogen-bond donors (Lipinski definition) is 2. The van der Waals surface area contributed by atoms with E-state index < -0.39 is 0 Å². The number of aryl methyl sites for hydroxylation is 1. The lowest BCUT2D eigenvalue weighted by atomic mass is 10.1. The predicted octanol–water partition coefficient (Wildman–Crippen LogP) is 1.87. The number of aromatic hydroxyl groups is 1. The normalized spacial score (nSPS) is 9.86. The smallest absolute Gasteiger partial charge is 0.255 e. The van der Waals surface area contributed by atoms with Gasteiger partial charge in [-0.3, -0.25) is 4.79 Å². The minimum absolute atomic E-state index is 0.0292. The van der Waals surface area contributed by atoms with Gasteiger partial charge < -0.3 is 10.4 Å². The van der Waals surface area contributed by atoms with Crippen LogP contribution in [0.4, 0.5) is 0 Å². The number of alkyl halides is 1. The van der Waals surface area contributed by atoms with E-state index in [9.17, 15) is 9.90 Å². The monoisotopic (exact) mass is 305 g/mol. The average Bonchev–Trinajstić information content (AvgIpc) is 2.18. The number of phenolic OH excluding ortho intramolecular Hbond substituents is 1. The Bertz CT molecular complexity index is 339. The molecule has 0 aliphatic rings. The lowest BCUT2D eigenvalue weighted by Crippen LogP contribution is -2.25. The van der Waals surface area contributed by atoms with Crippen LogP contribution >= 0.6 is 22.6 Å². The van der Waals surface area contributed by atoms with Gasteiger partial charge in [-0.15, -0.1) is 0 Å². The maximum absolute atomic E-state index is 11.5. The number of benzene rings is 1. The Morgan fingerprint density at radius 1 is 1.57 bits per heavy atom. The Kier molecular flexibility index (Phi) is 4.19. The molecule has 0 bridgehead atoms. The van der Waals surface area contributed by atoms with Gasteiger partial charge in [0, 0.05) is 11.0 Å². The first kappa shape index (κ1) is 11.3. The van der Waals surface area contributed by atoms with Crippen molar-refractivity contribution in [2.45, 2.75) is 6.92 Å². The van der Waals surface area contributed by atoms with Crippen molar-refractivity contribution in [3.8, 4) is 5.75 Å². The van der Waals surface area contributed by atoms with Crippen molar-refractivity contribution < 1.29 is 9.90 Å². The molecule has 0 unspecified atom stereocenters. The number of carbonyl (C=O) groups is 1. The lowest BCUT2D eigenvalue weighted by molar-refractivity contribution is 0.0953. The number of nitrogens with one attached hydrogen (secondary N) is 1. The molecular weight excluding hydrogens is 293 g/mol. The molecule has 2 N–H and O–H groups in total. The van der Waals surface area contributed by atoms with Crippen LogP contribution < -0.4 is 5.32 Å². The van der Waals surface area contributed by atoms with Crippen molar-refractivity contribution in [2.75, 3.05) is 11.0 Å². The third-order valence-corrected chi connectivity index (χ3v) is 2.32. The summed E-state index contributed by atoms with van der Waals surface area (Å²) in [7, 11) is 0. The molecule has 0 aliphatic heterocycles. The third-order valence-electron chi connectivity index (χ3n) is 1.78. The van der Waals surface area contributed by atoms with Crippen LogP contribution in [0.15, 0.2) is 18.2 Å². The van der Waals surface area contributed by atoms with Gasteiger partial charge in [0.15, 0.2) is 0 Å². The summed E-state index contributed by atoms with van der Waals surface area (Å²) >= 11 is 2.18. The highest BCUT2D eigenvalue weighted by Gasteiger charge is 2.09. The van der Waals surface area contributed by atoms with Gasteiger partial charge in [0.25, 0.3) is 5.91 Å². The number of phenols is 1. The predicted molar refractivity (Wildman–Crippen MR) is 64.1 cm³/mol. The molecule has 0 atom stereocenters. The van der Waals surface area contributed by atoms with Crippen LogP contribution in [0.25, 0.3) is 0 Å².